The Morgan fingerprint density at radius 3 is 2.85 bits per heavy atom. The predicted molar refractivity (Wildman–Crippen MR) is 101 cm³/mol. The number of benzene rings is 1. The van der Waals surface area contributed by atoms with E-state index in [-0.39, 0.29) is 0 Å². The second-order valence-electron chi connectivity index (χ2n) is 6.21. The van der Waals surface area contributed by atoms with Crippen LogP contribution in [0.25, 0.3) is 0 Å². The third kappa shape index (κ3) is 4.25. The Balaban J connectivity index is 1.58. The second-order valence-corrected chi connectivity index (χ2v) is 6.21. The van der Waals surface area contributed by atoms with Gasteiger partial charge in [0.2, 0.25) is 0 Å². The van der Waals surface area contributed by atoms with Gasteiger partial charge in [-0.1, -0.05) is 6.42 Å². The molecule has 2 aromatic rings. The molecule has 0 saturated carbocycles. The van der Waals surface area contributed by atoms with Gasteiger partial charge in [0.05, 0.1) is 14.2 Å². The van der Waals surface area contributed by atoms with E-state index in [0.717, 1.165) is 36.7 Å². The fourth-order valence-corrected chi connectivity index (χ4v) is 3.11. The predicted octanol–water partition coefficient (Wildman–Crippen LogP) is 1.99. The van der Waals surface area contributed by atoms with E-state index >= 15 is 0 Å². The molecule has 26 heavy (non-hydrogen) atoms. The minimum Gasteiger partial charge on any atom is -0.493 e. The summed E-state index contributed by atoms with van der Waals surface area (Å²) >= 11 is 0. The van der Waals surface area contributed by atoms with E-state index in [0.29, 0.717) is 24.0 Å². The van der Waals surface area contributed by atoms with E-state index in [4.69, 9.17) is 15.2 Å². The van der Waals surface area contributed by atoms with Crippen LogP contribution in [0.2, 0.25) is 0 Å². The van der Waals surface area contributed by atoms with Crippen molar-refractivity contribution in [3.63, 3.8) is 0 Å². The molecule has 0 spiro atoms. The first kappa shape index (κ1) is 18.0. The molecular weight excluding hydrogens is 332 g/mol. The van der Waals surface area contributed by atoms with Crippen molar-refractivity contribution in [2.45, 2.75) is 38.6 Å². The van der Waals surface area contributed by atoms with Crippen molar-refractivity contribution in [3.05, 3.63) is 29.8 Å². The van der Waals surface area contributed by atoms with Gasteiger partial charge < -0.3 is 25.1 Å². The van der Waals surface area contributed by atoms with Crippen molar-refractivity contribution in [2.75, 3.05) is 26.1 Å². The van der Waals surface area contributed by atoms with Gasteiger partial charge >= 0.3 is 0 Å². The third-order valence-corrected chi connectivity index (χ3v) is 4.46. The van der Waals surface area contributed by atoms with Gasteiger partial charge in [0, 0.05) is 37.7 Å². The molecule has 1 aliphatic heterocycles. The molecule has 0 unspecified atom stereocenters. The summed E-state index contributed by atoms with van der Waals surface area (Å²) in [6.45, 7) is 1.56. The van der Waals surface area contributed by atoms with E-state index in [1.165, 1.54) is 19.3 Å². The maximum absolute atomic E-state index is 5.99. The van der Waals surface area contributed by atoms with Crippen LogP contribution in [0.15, 0.2) is 23.2 Å². The zero-order chi connectivity index (χ0) is 18.4. The summed E-state index contributed by atoms with van der Waals surface area (Å²) in [5.74, 6) is 3.74. The number of rotatable bonds is 6. The fourth-order valence-electron chi connectivity index (χ4n) is 3.11. The van der Waals surface area contributed by atoms with Crippen molar-refractivity contribution in [3.8, 4) is 11.5 Å². The molecule has 0 saturated heterocycles. The number of aromatic nitrogens is 3. The number of hydrogen-bond donors (Lipinski definition) is 2. The zero-order valence-electron chi connectivity index (χ0n) is 15.4. The van der Waals surface area contributed by atoms with E-state index in [2.05, 4.69) is 25.1 Å². The number of nitrogens with zero attached hydrogens (tertiary/aromatic N) is 4. The first-order valence-corrected chi connectivity index (χ1v) is 8.91. The average molecular weight is 358 g/mol. The van der Waals surface area contributed by atoms with E-state index in [1.54, 1.807) is 14.2 Å². The molecule has 0 fully saturated rings. The van der Waals surface area contributed by atoms with Crippen LogP contribution in [0.1, 0.15) is 30.9 Å². The molecular formula is C18H26N6O2. The Morgan fingerprint density at radius 2 is 2.04 bits per heavy atom. The number of nitrogens with one attached hydrogen (secondary N) is 1. The summed E-state index contributed by atoms with van der Waals surface area (Å²) in [5, 5.41) is 11.7. The van der Waals surface area contributed by atoms with Crippen molar-refractivity contribution in [2.24, 2.45) is 10.7 Å². The third-order valence-electron chi connectivity index (χ3n) is 4.46. The van der Waals surface area contributed by atoms with Crippen LogP contribution in [-0.2, 0) is 19.4 Å². The molecule has 2 heterocycles. The summed E-state index contributed by atoms with van der Waals surface area (Å²) in [5.41, 5.74) is 6.79. The lowest BCUT2D eigenvalue weighted by molar-refractivity contribution is 0.355. The molecule has 8 nitrogen and oxygen atoms in total. The summed E-state index contributed by atoms with van der Waals surface area (Å²) in [4.78, 5) is 4.39. The molecule has 3 N–H and O–H groups in total. The molecule has 3 rings (SSSR count). The van der Waals surface area contributed by atoms with Gasteiger partial charge in [0.1, 0.15) is 11.6 Å². The van der Waals surface area contributed by atoms with Crippen LogP contribution in [0.4, 0.5) is 5.69 Å². The van der Waals surface area contributed by atoms with E-state index < -0.39 is 0 Å². The molecule has 0 atom stereocenters. The molecule has 8 heteroatoms. The number of guanidine groups is 1. The van der Waals surface area contributed by atoms with Crippen molar-refractivity contribution < 1.29 is 9.47 Å². The maximum atomic E-state index is 5.99. The Hall–Kier alpha value is -2.77. The van der Waals surface area contributed by atoms with Crippen LogP contribution in [0.3, 0.4) is 0 Å². The number of hydrogen-bond acceptors (Lipinski definition) is 5. The average Bonchev–Trinajstić information content (AvgIpc) is 2.88. The van der Waals surface area contributed by atoms with Gasteiger partial charge in [-0.2, -0.15) is 0 Å². The molecule has 1 aromatic carbocycles. The van der Waals surface area contributed by atoms with Gasteiger partial charge in [-0.05, 0) is 25.0 Å². The molecule has 0 bridgehead atoms. The first-order chi connectivity index (χ1) is 12.7. The number of nitrogens with two attached hydrogens (primary N) is 1. The van der Waals surface area contributed by atoms with Gasteiger partial charge in [0.25, 0.3) is 0 Å². The quantitative estimate of drug-likeness (QED) is 0.605. The van der Waals surface area contributed by atoms with Crippen LogP contribution < -0.4 is 20.5 Å². The van der Waals surface area contributed by atoms with E-state index in [1.807, 2.05) is 18.2 Å². The van der Waals surface area contributed by atoms with E-state index in [9.17, 15) is 0 Å². The summed E-state index contributed by atoms with van der Waals surface area (Å²) in [6, 6.07) is 5.50. The SMILES string of the molecule is COc1ccc(NC(N)=NCCc2nnc3n2CCCCC3)cc1OC. The fraction of sp³-hybridized carbons (Fsp3) is 0.500. The highest BCUT2D eigenvalue weighted by Gasteiger charge is 2.14. The lowest BCUT2D eigenvalue weighted by Gasteiger charge is -2.11. The van der Waals surface area contributed by atoms with Gasteiger partial charge in [0.15, 0.2) is 17.5 Å². The zero-order valence-corrected chi connectivity index (χ0v) is 15.4. The number of aliphatic imine (C=N–C) groups is 1. The minimum atomic E-state index is 0.354. The highest BCUT2D eigenvalue weighted by molar-refractivity contribution is 5.92. The Bertz CT molecular complexity index is 771. The number of ether oxygens (including phenoxy) is 2. The molecule has 0 radical (unpaired) electrons. The van der Waals surface area contributed by atoms with Gasteiger partial charge in [-0.15, -0.1) is 10.2 Å². The van der Waals surface area contributed by atoms with Crippen molar-refractivity contribution in [1.29, 1.82) is 0 Å². The summed E-state index contributed by atoms with van der Waals surface area (Å²) in [6.07, 6.45) is 5.37. The molecule has 140 valence electrons. The number of anilines is 1. The second kappa shape index (κ2) is 8.55. The Morgan fingerprint density at radius 1 is 1.19 bits per heavy atom. The molecule has 1 aromatic heterocycles. The lowest BCUT2D eigenvalue weighted by Crippen LogP contribution is -2.23. The molecule has 0 amide bonds. The molecule has 0 aliphatic carbocycles. The maximum Gasteiger partial charge on any atom is 0.193 e. The smallest absolute Gasteiger partial charge is 0.193 e. The van der Waals surface area contributed by atoms with Crippen molar-refractivity contribution >= 4 is 11.6 Å². The monoisotopic (exact) mass is 358 g/mol. The minimum absolute atomic E-state index is 0.354. The van der Waals surface area contributed by atoms with Crippen LogP contribution in [0.5, 0.6) is 11.5 Å². The highest BCUT2D eigenvalue weighted by Crippen LogP contribution is 2.29. The van der Waals surface area contributed by atoms with Crippen LogP contribution >= 0.6 is 0 Å². The standard InChI is InChI=1S/C18H26N6O2/c1-25-14-8-7-13(12-15(14)26-2)21-18(19)20-10-9-17-23-22-16-6-4-3-5-11-24(16)17/h7-8,12H,3-6,9-11H2,1-2H3,(H3,19,20,21). The van der Waals surface area contributed by atoms with Gasteiger partial charge in [-0.3, -0.25) is 4.99 Å². The van der Waals surface area contributed by atoms with Crippen LogP contribution in [-0.4, -0.2) is 41.5 Å². The Labute approximate surface area is 153 Å². The van der Waals surface area contributed by atoms with Gasteiger partial charge in [-0.25, -0.2) is 0 Å². The summed E-state index contributed by atoms with van der Waals surface area (Å²) in [7, 11) is 3.20. The van der Waals surface area contributed by atoms with Crippen LogP contribution in [0, 0.1) is 0 Å². The first-order valence-electron chi connectivity index (χ1n) is 8.91. The highest BCUT2D eigenvalue weighted by atomic mass is 16.5. The number of methoxy groups -OCH3 is 2. The lowest BCUT2D eigenvalue weighted by atomic mass is 10.2. The normalized spacial score (nSPS) is 14.5. The number of fused-ring (bicyclic) bond motifs is 1. The summed E-state index contributed by atoms with van der Waals surface area (Å²) < 4.78 is 12.8. The Kier molecular flexibility index (Phi) is 5.93. The largest absolute Gasteiger partial charge is 0.493 e. The topological polar surface area (TPSA) is 99.6 Å². The number of aryl methyl sites for hydroxylation is 1. The van der Waals surface area contributed by atoms with Crippen molar-refractivity contribution in [1.82, 2.24) is 14.8 Å². The molecule has 1 aliphatic rings.